The smallest absolute Gasteiger partial charge is 0.423 e. The van der Waals surface area contributed by atoms with E-state index in [-0.39, 0.29) is 0 Å². The van der Waals surface area contributed by atoms with Crippen LogP contribution >= 0.6 is 15.9 Å². The number of benzene rings is 11. The van der Waals surface area contributed by atoms with Gasteiger partial charge in [0.15, 0.2) is 5.69 Å². The second-order valence-electron chi connectivity index (χ2n) is 18.3. The van der Waals surface area contributed by atoms with Crippen molar-refractivity contribution in [2.45, 2.75) is 0 Å². The number of rotatable bonds is 6. The topological polar surface area (TPSA) is 50.3 Å². The van der Waals surface area contributed by atoms with Gasteiger partial charge in [-0.25, -0.2) is 0 Å². The zero-order valence-electron chi connectivity index (χ0n) is 40.2. The molecule has 0 amide bonds. The van der Waals surface area contributed by atoms with Gasteiger partial charge in [0.1, 0.15) is 17.7 Å². The van der Waals surface area contributed by atoms with E-state index in [0.717, 1.165) is 15.2 Å². The lowest BCUT2D eigenvalue weighted by molar-refractivity contribution is 0.426. The van der Waals surface area contributed by atoms with Gasteiger partial charge in [0, 0.05) is 32.7 Å². The van der Waals surface area contributed by atoms with Crippen LogP contribution in [0.4, 0.5) is 0 Å². The highest BCUT2D eigenvalue weighted by atomic mass is 79.9. The molecule has 14 rings (SSSR count). The lowest BCUT2D eigenvalue weighted by atomic mass is 9.77. The number of fused-ring (bicyclic) bond motifs is 8. The predicted molar refractivity (Wildman–Crippen MR) is 316 cm³/mol. The van der Waals surface area contributed by atoms with Crippen molar-refractivity contribution in [2.24, 2.45) is 0 Å². The number of halogens is 1. The lowest BCUT2D eigenvalue weighted by Crippen LogP contribution is -2.30. The summed E-state index contributed by atoms with van der Waals surface area (Å²) in [4.78, 5) is 0. The lowest BCUT2D eigenvalue weighted by Gasteiger charge is -2.09. The average Bonchev–Trinajstić information content (AvgIpc) is 3.99. The van der Waals surface area contributed by atoms with E-state index in [1.165, 1.54) is 99.5 Å². The molecule has 350 valence electrons. The van der Waals surface area contributed by atoms with Crippen LogP contribution in [0.5, 0.6) is 0 Å². The Bertz CT molecular complexity index is 4200. The third-order valence-corrected chi connectivity index (χ3v) is 14.4. The van der Waals surface area contributed by atoms with E-state index < -0.39 is 7.12 Å². The molecule has 0 spiro atoms. The Kier molecular flexibility index (Phi) is 12.7. The Hall–Kier alpha value is -8.87. The summed E-state index contributed by atoms with van der Waals surface area (Å²) in [5.41, 5.74) is 16.4. The van der Waals surface area contributed by atoms with Crippen LogP contribution in [0.25, 0.3) is 111 Å². The minimum absolute atomic E-state index is 0.554. The fraction of sp³-hybridized carbons (Fsp3) is 0. The van der Waals surface area contributed by atoms with Crippen molar-refractivity contribution >= 4 is 94.9 Å². The monoisotopic (exact) mass is 1010 g/mol. The first-order chi connectivity index (χ1) is 36.5. The quantitative estimate of drug-likeness (QED) is 0.129. The Morgan fingerprint density at radius 1 is 0.378 bits per heavy atom. The standard InChI is InChI=1S/C34H23N.C24H15BrN.C10H9BO2/c1-2-11-28(12-3-1)35-33-16-7-6-14-31(33)32-23-27(21-22-34(32)35)24-17-19-26(20-18-24)30-15-8-10-25-9-4-5-13-29(25)30;25-19-13-10-17(11-14-19)18-12-15-24-22(16-18)21-8-4-5-9-23(21)26(24)20-6-2-1-3-7-20;12-11(13)10-7-3-5-8-4-1-2-6-9(8)10/h1-23H;1-3,5-16H;1-7,12-13H/q;+1;. The second-order valence-corrected chi connectivity index (χ2v) is 19.2. The molecule has 13 aromatic rings. The van der Waals surface area contributed by atoms with E-state index >= 15 is 0 Å². The van der Waals surface area contributed by atoms with Crippen LogP contribution in [0.3, 0.4) is 0 Å². The largest absolute Gasteiger partial charge is 0.489 e. The first kappa shape index (κ1) is 46.2. The molecule has 2 aromatic heterocycles. The Morgan fingerprint density at radius 2 is 0.865 bits per heavy atom. The van der Waals surface area contributed by atoms with Gasteiger partial charge in [-0.1, -0.05) is 204 Å². The summed E-state index contributed by atoms with van der Waals surface area (Å²) in [5, 5.41) is 26.4. The summed E-state index contributed by atoms with van der Waals surface area (Å²) in [6.45, 7) is 0. The van der Waals surface area contributed by atoms with Gasteiger partial charge in [-0.2, -0.15) is 0 Å². The molecule has 74 heavy (non-hydrogen) atoms. The molecule has 1 aliphatic carbocycles. The zero-order valence-corrected chi connectivity index (χ0v) is 41.8. The van der Waals surface area contributed by atoms with Gasteiger partial charge < -0.3 is 14.6 Å². The molecule has 0 fully saturated rings. The highest BCUT2D eigenvalue weighted by Gasteiger charge is 2.24. The molecule has 0 bridgehead atoms. The maximum Gasteiger partial charge on any atom is 0.489 e. The number of allylic oxidation sites excluding steroid dienone is 2. The minimum Gasteiger partial charge on any atom is -0.423 e. The third-order valence-electron chi connectivity index (χ3n) is 13.9. The number of para-hydroxylation sites is 3. The minimum atomic E-state index is -1.40. The molecule has 0 saturated heterocycles. The van der Waals surface area contributed by atoms with E-state index in [1.807, 2.05) is 42.5 Å². The molecular weight excluding hydrogens is 967 g/mol. The molecule has 0 aliphatic heterocycles. The summed E-state index contributed by atoms with van der Waals surface area (Å²) in [5.74, 6) is 0. The first-order valence-electron chi connectivity index (χ1n) is 24.7. The van der Waals surface area contributed by atoms with Crippen LogP contribution in [0.15, 0.2) is 265 Å². The molecule has 1 aliphatic rings. The normalized spacial score (nSPS) is 11.5. The highest BCUT2D eigenvalue weighted by Crippen LogP contribution is 2.38. The van der Waals surface area contributed by atoms with Gasteiger partial charge in [-0.15, -0.1) is 0 Å². The van der Waals surface area contributed by atoms with Gasteiger partial charge in [0.2, 0.25) is 0 Å². The molecular formula is C68H47BBrN2O2+. The van der Waals surface area contributed by atoms with Crippen LogP contribution in [-0.2, 0) is 0 Å². The van der Waals surface area contributed by atoms with Crippen LogP contribution in [-0.4, -0.2) is 26.3 Å². The van der Waals surface area contributed by atoms with Gasteiger partial charge >= 0.3 is 7.12 Å². The number of nitrogens with zero attached hydrogens (tertiary/aromatic N) is 2. The zero-order chi connectivity index (χ0) is 50.0. The van der Waals surface area contributed by atoms with Crippen LogP contribution < -0.4 is 5.46 Å². The van der Waals surface area contributed by atoms with Crippen LogP contribution in [0, 0.1) is 6.08 Å². The predicted octanol–water partition coefficient (Wildman–Crippen LogP) is 16.7. The molecule has 0 unspecified atom stereocenters. The summed E-state index contributed by atoms with van der Waals surface area (Å²) >= 11 is 3.51. The van der Waals surface area contributed by atoms with Crippen LogP contribution in [0.2, 0.25) is 0 Å². The SMILES string of the molecule is Brc1ccc(-c2ccc3c(c2)c2c(n3-c3ccccc3)C=C[C+]=C2)cc1.OB(O)c1cccc2ccccc12.c1ccc(-n2c3ccccc3c3cc(-c4ccc(-c5cccc6ccccc56)cc4)ccc32)cc1. The van der Waals surface area contributed by atoms with Crippen molar-refractivity contribution in [3.63, 3.8) is 0 Å². The van der Waals surface area contributed by atoms with Crippen molar-refractivity contribution in [2.75, 3.05) is 0 Å². The Labute approximate surface area is 439 Å². The molecule has 0 saturated carbocycles. The van der Waals surface area contributed by atoms with E-state index in [4.69, 9.17) is 10.0 Å². The van der Waals surface area contributed by atoms with Gasteiger partial charge in [0.05, 0.1) is 28.0 Å². The molecule has 2 heterocycles. The molecule has 4 nitrogen and oxygen atoms in total. The van der Waals surface area contributed by atoms with Gasteiger partial charge in [0.25, 0.3) is 0 Å². The second kappa shape index (κ2) is 20.3. The highest BCUT2D eigenvalue weighted by molar-refractivity contribution is 9.10. The average molecular weight is 1010 g/mol. The molecule has 2 N–H and O–H groups in total. The summed E-state index contributed by atoms with van der Waals surface area (Å²) in [7, 11) is -1.40. The fourth-order valence-electron chi connectivity index (χ4n) is 10.4. The Balaban J connectivity index is 0.000000125. The summed E-state index contributed by atoms with van der Waals surface area (Å²) < 4.78 is 5.78. The van der Waals surface area contributed by atoms with Crippen molar-refractivity contribution in [1.29, 1.82) is 0 Å². The van der Waals surface area contributed by atoms with Crippen molar-refractivity contribution in [3.8, 4) is 44.8 Å². The molecule has 6 heteroatoms. The summed E-state index contributed by atoms with van der Waals surface area (Å²) in [6, 6.07) is 89.0. The van der Waals surface area contributed by atoms with Crippen molar-refractivity contribution < 1.29 is 10.0 Å². The first-order valence-corrected chi connectivity index (χ1v) is 25.5. The van der Waals surface area contributed by atoms with Crippen molar-refractivity contribution in [1.82, 2.24) is 9.13 Å². The maximum absolute atomic E-state index is 9.08. The Morgan fingerprint density at radius 3 is 1.54 bits per heavy atom. The molecule has 0 atom stereocenters. The van der Waals surface area contributed by atoms with E-state index in [9.17, 15) is 0 Å². The molecule has 11 aromatic carbocycles. The van der Waals surface area contributed by atoms with E-state index in [1.54, 1.807) is 6.07 Å². The maximum atomic E-state index is 9.08. The van der Waals surface area contributed by atoms with Crippen LogP contribution in [0.1, 0.15) is 11.3 Å². The van der Waals surface area contributed by atoms with E-state index in [2.05, 4.69) is 256 Å². The third kappa shape index (κ3) is 8.94. The fourth-order valence-corrected chi connectivity index (χ4v) is 10.7. The van der Waals surface area contributed by atoms with Crippen molar-refractivity contribution in [3.05, 3.63) is 283 Å². The van der Waals surface area contributed by atoms with E-state index in [0.29, 0.717) is 5.46 Å². The number of hydrogen-bond acceptors (Lipinski definition) is 2. The van der Waals surface area contributed by atoms with Gasteiger partial charge in [-0.05, 0) is 127 Å². The molecule has 0 radical (unpaired) electrons. The van der Waals surface area contributed by atoms with Gasteiger partial charge in [-0.3, -0.25) is 4.57 Å². The number of hydrogen-bond donors (Lipinski definition) is 2. The summed E-state index contributed by atoms with van der Waals surface area (Å²) in [6.07, 6.45) is 9.45. The number of aromatic nitrogens is 2.